The first-order valence-corrected chi connectivity index (χ1v) is 10.9. The molecule has 1 saturated heterocycles. The lowest BCUT2D eigenvalue weighted by Gasteiger charge is -2.33. The van der Waals surface area contributed by atoms with Gasteiger partial charge in [0.2, 0.25) is 0 Å². The Morgan fingerprint density at radius 1 is 1.30 bits per heavy atom. The van der Waals surface area contributed by atoms with Crippen LogP contribution in [0.3, 0.4) is 0 Å². The topological polar surface area (TPSA) is 110 Å². The van der Waals surface area contributed by atoms with E-state index >= 15 is 0 Å². The van der Waals surface area contributed by atoms with Crippen LogP contribution in [0.25, 0.3) is 0 Å². The lowest BCUT2D eigenvalue weighted by Crippen LogP contribution is -2.34. The fourth-order valence-electron chi connectivity index (χ4n) is 3.69. The van der Waals surface area contributed by atoms with E-state index in [0.29, 0.717) is 35.1 Å². The Morgan fingerprint density at radius 3 is 2.58 bits per heavy atom. The third kappa shape index (κ3) is 5.66. The van der Waals surface area contributed by atoms with Gasteiger partial charge in [0.25, 0.3) is 0 Å². The molecular weight excluding hydrogens is 427 g/mol. The van der Waals surface area contributed by atoms with E-state index in [9.17, 15) is 14.4 Å². The number of nitriles is 1. The van der Waals surface area contributed by atoms with Gasteiger partial charge in [-0.2, -0.15) is 10.4 Å². The van der Waals surface area contributed by atoms with Gasteiger partial charge in [-0.25, -0.2) is 9.18 Å². The molecule has 33 heavy (non-hydrogen) atoms. The van der Waals surface area contributed by atoms with Crippen molar-refractivity contribution < 1.29 is 18.7 Å². The number of nitrogens with zero attached hydrogens (tertiary/aromatic N) is 5. The van der Waals surface area contributed by atoms with Gasteiger partial charge in [0.15, 0.2) is 6.10 Å². The highest BCUT2D eigenvalue weighted by Gasteiger charge is 2.30. The SMILES string of the molecule is CC(C)(C)OC(=O)N1CCCC1.CN1CC(c2nn(C)c(N)c2C#N)Oc2ccc(F)cc21. The minimum atomic E-state index is -0.425. The number of halogens is 1. The van der Waals surface area contributed by atoms with Crippen LogP contribution in [-0.4, -0.2) is 53.1 Å². The molecule has 1 atom stereocenters. The fourth-order valence-corrected chi connectivity index (χ4v) is 3.69. The standard InChI is InChI=1S/C14H14FN5O.C9H17NO2/c1-19-7-12(13-9(6-16)14(17)20(2)18-13)21-11-4-3-8(15)5-10(11)19;1-9(2,3)12-8(11)10-6-4-5-7-10/h3-5,12H,7,17H2,1-2H3;4-7H2,1-3H3. The summed E-state index contributed by atoms with van der Waals surface area (Å²) >= 11 is 0. The minimum Gasteiger partial charge on any atom is -0.480 e. The summed E-state index contributed by atoms with van der Waals surface area (Å²) in [4.78, 5) is 15.0. The molecule has 2 N–H and O–H groups in total. The second kappa shape index (κ2) is 9.57. The Morgan fingerprint density at radius 2 is 1.97 bits per heavy atom. The van der Waals surface area contributed by atoms with Crippen molar-refractivity contribution >= 4 is 17.6 Å². The molecule has 1 fully saturated rings. The normalized spacial score (nSPS) is 17.4. The van der Waals surface area contributed by atoms with Crippen molar-refractivity contribution in [2.45, 2.75) is 45.3 Å². The van der Waals surface area contributed by atoms with Gasteiger partial charge < -0.3 is 25.0 Å². The number of anilines is 2. The summed E-state index contributed by atoms with van der Waals surface area (Å²) in [5, 5.41) is 13.5. The summed E-state index contributed by atoms with van der Waals surface area (Å²) in [5.41, 5.74) is 6.96. The highest BCUT2D eigenvalue weighted by atomic mass is 19.1. The molecule has 0 aliphatic carbocycles. The van der Waals surface area contributed by atoms with E-state index in [2.05, 4.69) is 11.2 Å². The van der Waals surface area contributed by atoms with Gasteiger partial charge in [-0.15, -0.1) is 0 Å². The zero-order chi connectivity index (χ0) is 24.3. The molecule has 2 aliphatic heterocycles. The number of hydrogen-bond acceptors (Lipinski definition) is 7. The zero-order valence-electron chi connectivity index (χ0n) is 19.8. The Balaban J connectivity index is 0.000000218. The summed E-state index contributed by atoms with van der Waals surface area (Å²) in [6, 6.07) is 6.40. The summed E-state index contributed by atoms with van der Waals surface area (Å²) in [5.74, 6) is 0.550. The van der Waals surface area contributed by atoms with Crippen LogP contribution in [0, 0.1) is 17.1 Å². The van der Waals surface area contributed by atoms with E-state index in [1.807, 2.05) is 32.7 Å². The van der Waals surface area contributed by atoms with Crippen LogP contribution in [-0.2, 0) is 11.8 Å². The van der Waals surface area contributed by atoms with E-state index in [4.69, 9.17) is 15.2 Å². The molecule has 10 heteroatoms. The molecule has 3 heterocycles. The van der Waals surface area contributed by atoms with Gasteiger partial charge in [-0.05, 0) is 45.7 Å². The van der Waals surface area contributed by atoms with E-state index in [1.165, 1.54) is 16.8 Å². The molecule has 9 nitrogen and oxygen atoms in total. The average molecular weight is 459 g/mol. The number of nitrogen functional groups attached to an aromatic ring is 1. The van der Waals surface area contributed by atoms with Crippen molar-refractivity contribution in [3.8, 4) is 11.8 Å². The molecular formula is C23H31FN6O3. The first kappa shape index (κ1) is 24.2. The fraction of sp³-hybridized carbons (Fsp3) is 0.522. The molecule has 0 spiro atoms. The van der Waals surface area contributed by atoms with E-state index < -0.39 is 6.10 Å². The molecule has 0 saturated carbocycles. The molecule has 1 aromatic carbocycles. The average Bonchev–Trinajstić information content (AvgIpc) is 3.37. The van der Waals surface area contributed by atoms with Crippen LogP contribution in [0.15, 0.2) is 18.2 Å². The maximum Gasteiger partial charge on any atom is 0.410 e. The number of benzene rings is 1. The second-order valence-electron chi connectivity index (χ2n) is 9.15. The molecule has 2 aromatic rings. The Labute approximate surface area is 193 Å². The quantitative estimate of drug-likeness (QED) is 0.695. The van der Waals surface area contributed by atoms with Crippen molar-refractivity contribution in [3.05, 3.63) is 35.3 Å². The molecule has 0 bridgehead atoms. The third-order valence-electron chi connectivity index (χ3n) is 5.33. The maximum absolute atomic E-state index is 13.3. The predicted molar refractivity (Wildman–Crippen MR) is 122 cm³/mol. The molecule has 4 rings (SSSR count). The zero-order valence-corrected chi connectivity index (χ0v) is 19.8. The Bertz CT molecular complexity index is 1050. The van der Waals surface area contributed by atoms with Crippen molar-refractivity contribution in [2.24, 2.45) is 7.05 Å². The first-order valence-electron chi connectivity index (χ1n) is 10.9. The number of likely N-dealkylation sites (tertiary alicyclic amines) is 1. The number of aromatic nitrogens is 2. The van der Waals surface area contributed by atoms with Gasteiger partial charge >= 0.3 is 6.09 Å². The predicted octanol–water partition coefficient (Wildman–Crippen LogP) is 3.60. The van der Waals surface area contributed by atoms with Gasteiger partial charge in [0.05, 0.1) is 12.2 Å². The van der Waals surface area contributed by atoms with Crippen molar-refractivity contribution in [1.82, 2.24) is 14.7 Å². The monoisotopic (exact) mass is 458 g/mol. The number of hydrogen-bond donors (Lipinski definition) is 1. The summed E-state index contributed by atoms with van der Waals surface area (Å²) in [6.45, 7) is 7.84. The molecule has 1 unspecified atom stereocenters. The minimum absolute atomic E-state index is 0.167. The molecule has 1 amide bonds. The van der Waals surface area contributed by atoms with Gasteiger partial charge in [-0.1, -0.05) is 0 Å². The Hall–Kier alpha value is -3.48. The highest BCUT2D eigenvalue weighted by molar-refractivity contribution is 5.68. The second-order valence-corrected chi connectivity index (χ2v) is 9.15. The number of aryl methyl sites for hydroxylation is 1. The molecule has 0 radical (unpaired) electrons. The number of fused-ring (bicyclic) bond motifs is 1. The van der Waals surface area contributed by atoms with Crippen molar-refractivity contribution in [1.29, 1.82) is 5.26 Å². The molecule has 1 aromatic heterocycles. The number of rotatable bonds is 1. The first-order chi connectivity index (χ1) is 15.5. The number of ether oxygens (including phenoxy) is 2. The summed E-state index contributed by atoms with van der Waals surface area (Å²) in [6.07, 6.45) is 1.63. The van der Waals surface area contributed by atoms with Gasteiger partial charge in [0.1, 0.15) is 40.3 Å². The van der Waals surface area contributed by atoms with Gasteiger partial charge in [0, 0.05) is 33.3 Å². The van der Waals surface area contributed by atoms with Crippen LogP contribution in [0.5, 0.6) is 5.75 Å². The van der Waals surface area contributed by atoms with Crippen LogP contribution < -0.4 is 15.4 Å². The number of likely N-dealkylation sites (N-methyl/N-ethyl adjacent to an activating group) is 1. The number of nitrogens with two attached hydrogens (primary N) is 1. The smallest absolute Gasteiger partial charge is 0.410 e. The molecule has 2 aliphatic rings. The van der Waals surface area contributed by atoms with Crippen molar-refractivity contribution in [2.75, 3.05) is 37.3 Å². The van der Waals surface area contributed by atoms with Crippen LogP contribution in [0.4, 0.5) is 20.7 Å². The number of amides is 1. The highest BCUT2D eigenvalue weighted by Crippen LogP contribution is 2.38. The number of carbonyl (C=O) groups excluding carboxylic acids is 1. The largest absolute Gasteiger partial charge is 0.480 e. The van der Waals surface area contributed by atoms with E-state index in [0.717, 1.165) is 25.9 Å². The van der Waals surface area contributed by atoms with E-state index in [1.54, 1.807) is 18.0 Å². The van der Waals surface area contributed by atoms with Crippen LogP contribution in [0.1, 0.15) is 51.0 Å². The summed E-state index contributed by atoms with van der Waals surface area (Å²) in [7, 11) is 3.52. The van der Waals surface area contributed by atoms with E-state index in [-0.39, 0.29) is 17.5 Å². The lowest BCUT2D eigenvalue weighted by atomic mass is 10.1. The van der Waals surface area contributed by atoms with Crippen molar-refractivity contribution in [3.63, 3.8) is 0 Å². The third-order valence-corrected chi connectivity index (χ3v) is 5.33. The van der Waals surface area contributed by atoms with Crippen LogP contribution >= 0.6 is 0 Å². The molecule has 178 valence electrons. The van der Waals surface area contributed by atoms with Crippen LogP contribution in [0.2, 0.25) is 0 Å². The Kier molecular flexibility index (Phi) is 7.01. The van der Waals surface area contributed by atoms with Gasteiger partial charge in [-0.3, -0.25) is 4.68 Å². The summed E-state index contributed by atoms with van der Waals surface area (Å²) < 4.78 is 25.8. The lowest BCUT2D eigenvalue weighted by molar-refractivity contribution is 0.0295. The number of carbonyl (C=O) groups is 1. The maximum atomic E-state index is 13.3.